The number of aryl methyl sites for hydroxylation is 1. The number of anilines is 2. The minimum absolute atomic E-state index is 0.647. The van der Waals surface area contributed by atoms with Crippen molar-refractivity contribution in [1.29, 1.82) is 0 Å². The molecule has 7 nitrogen and oxygen atoms in total. The Bertz CT molecular complexity index is 654. The Morgan fingerprint density at radius 2 is 2.28 bits per heavy atom. The number of hydrogen-bond acceptors (Lipinski definition) is 5. The highest BCUT2D eigenvalue weighted by Gasteiger charge is 2.08. The second-order valence-corrected chi connectivity index (χ2v) is 3.89. The molecule has 0 saturated carbocycles. The van der Waals surface area contributed by atoms with Crippen molar-refractivity contribution < 1.29 is 0 Å². The van der Waals surface area contributed by atoms with Crippen LogP contribution >= 0.6 is 0 Å². The molecule has 0 aliphatic heterocycles. The molecule has 0 aromatic carbocycles. The molecule has 0 amide bonds. The summed E-state index contributed by atoms with van der Waals surface area (Å²) in [6.07, 6.45) is 5.89. The van der Waals surface area contributed by atoms with E-state index >= 15 is 0 Å². The first kappa shape index (κ1) is 10.7. The van der Waals surface area contributed by atoms with Gasteiger partial charge in [0.05, 0.1) is 12.5 Å². The zero-order valence-electron chi connectivity index (χ0n) is 9.96. The number of aromatic amines is 1. The molecule has 7 heteroatoms. The van der Waals surface area contributed by atoms with Crippen LogP contribution in [-0.4, -0.2) is 29.7 Å². The molecular weight excluding hydrogens is 230 g/mol. The SMILES string of the molecule is CCCn1nccc1Nc1ncnc2nc[nH]c12. The van der Waals surface area contributed by atoms with E-state index in [1.165, 1.54) is 6.33 Å². The lowest BCUT2D eigenvalue weighted by atomic mass is 10.4. The largest absolute Gasteiger partial charge is 0.340 e. The summed E-state index contributed by atoms with van der Waals surface area (Å²) in [5.74, 6) is 1.61. The molecule has 0 radical (unpaired) electrons. The van der Waals surface area contributed by atoms with E-state index in [0.717, 1.165) is 24.3 Å². The molecule has 2 N–H and O–H groups in total. The van der Waals surface area contributed by atoms with Crippen LogP contribution in [-0.2, 0) is 6.54 Å². The van der Waals surface area contributed by atoms with E-state index in [1.807, 2.05) is 10.7 Å². The Hall–Kier alpha value is -2.44. The van der Waals surface area contributed by atoms with Gasteiger partial charge in [-0.05, 0) is 6.42 Å². The Morgan fingerprint density at radius 3 is 3.17 bits per heavy atom. The topological polar surface area (TPSA) is 84.3 Å². The molecule has 0 aliphatic carbocycles. The maximum Gasteiger partial charge on any atom is 0.182 e. The zero-order valence-corrected chi connectivity index (χ0v) is 9.96. The number of nitrogens with zero attached hydrogens (tertiary/aromatic N) is 5. The van der Waals surface area contributed by atoms with Crippen LogP contribution < -0.4 is 5.32 Å². The molecule has 18 heavy (non-hydrogen) atoms. The van der Waals surface area contributed by atoms with Gasteiger partial charge in [-0.3, -0.25) is 0 Å². The van der Waals surface area contributed by atoms with Crippen molar-refractivity contribution >= 4 is 22.8 Å². The lowest BCUT2D eigenvalue weighted by Gasteiger charge is -2.08. The summed E-state index contributed by atoms with van der Waals surface area (Å²) in [5.41, 5.74) is 1.44. The molecule has 3 rings (SSSR count). The molecule has 0 saturated heterocycles. The highest BCUT2D eigenvalue weighted by atomic mass is 15.3. The van der Waals surface area contributed by atoms with Crippen molar-refractivity contribution in [2.75, 3.05) is 5.32 Å². The lowest BCUT2D eigenvalue weighted by Crippen LogP contribution is -2.05. The predicted octanol–water partition coefficient (Wildman–Crippen LogP) is 1.70. The molecule has 3 aromatic rings. The number of imidazole rings is 1. The lowest BCUT2D eigenvalue weighted by molar-refractivity contribution is 0.610. The van der Waals surface area contributed by atoms with Gasteiger partial charge in [-0.2, -0.15) is 5.10 Å². The highest BCUT2D eigenvalue weighted by molar-refractivity contribution is 5.83. The molecule has 0 atom stereocenters. The van der Waals surface area contributed by atoms with E-state index < -0.39 is 0 Å². The van der Waals surface area contributed by atoms with Crippen LogP contribution in [0.5, 0.6) is 0 Å². The monoisotopic (exact) mass is 243 g/mol. The van der Waals surface area contributed by atoms with E-state index in [9.17, 15) is 0 Å². The Labute approximate surface area is 103 Å². The maximum atomic E-state index is 4.25. The van der Waals surface area contributed by atoms with E-state index in [2.05, 4.69) is 37.3 Å². The standard InChI is InChI=1S/C11H13N7/c1-2-5-18-8(3-4-16-18)17-11-9-10(13-6-12-9)14-7-15-11/h3-4,6-7H,2,5H2,1H3,(H2,12,13,14,15,17). The Morgan fingerprint density at radius 1 is 1.33 bits per heavy atom. The van der Waals surface area contributed by atoms with Gasteiger partial charge in [-0.15, -0.1) is 0 Å². The summed E-state index contributed by atoms with van der Waals surface area (Å²) in [4.78, 5) is 15.4. The second kappa shape index (κ2) is 4.44. The molecule has 0 bridgehead atoms. The normalized spacial score (nSPS) is 10.9. The summed E-state index contributed by atoms with van der Waals surface area (Å²) in [5, 5.41) is 7.50. The second-order valence-electron chi connectivity index (χ2n) is 3.89. The van der Waals surface area contributed by atoms with Crippen molar-refractivity contribution in [3.05, 3.63) is 24.9 Å². The quantitative estimate of drug-likeness (QED) is 0.728. The number of nitrogens with one attached hydrogen (secondary N) is 2. The van der Waals surface area contributed by atoms with Crippen LogP contribution in [0, 0.1) is 0 Å². The first-order valence-electron chi connectivity index (χ1n) is 5.81. The van der Waals surface area contributed by atoms with Crippen molar-refractivity contribution in [3.63, 3.8) is 0 Å². The number of hydrogen-bond donors (Lipinski definition) is 2. The van der Waals surface area contributed by atoms with E-state index in [4.69, 9.17) is 0 Å². The summed E-state index contributed by atoms with van der Waals surface area (Å²) < 4.78 is 1.91. The van der Waals surface area contributed by atoms with E-state index in [1.54, 1.807) is 12.5 Å². The van der Waals surface area contributed by atoms with Crippen molar-refractivity contribution in [3.8, 4) is 0 Å². The molecule has 3 heterocycles. The van der Waals surface area contributed by atoms with Gasteiger partial charge in [0.2, 0.25) is 0 Å². The minimum atomic E-state index is 0.647. The first-order valence-corrected chi connectivity index (χ1v) is 5.81. The molecule has 3 aromatic heterocycles. The predicted molar refractivity (Wildman–Crippen MR) is 67.5 cm³/mol. The highest BCUT2D eigenvalue weighted by Crippen LogP contribution is 2.19. The van der Waals surface area contributed by atoms with Crippen LogP contribution in [0.15, 0.2) is 24.9 Å². The zero-order chi connectivity index (χ0) is 12.4. The van der Waals surface area contributed by atoms with Crippen LogP contribution in [0.3, 0.4) is 0 Å². The van der Waals surface area contributed by atoms with Gasteiger partial charge in [0.25, 0.3) is 0 Å². The van der Waals surface area contributed by atoms with E-state index in [0.29, 0.717) is 11.5 Å². The third kappa shape index (κ3) is 1.79. The molecular formula is C11H13N7. The van der Waals surface area contributed by atoms with Crippen LogP contribution in [0.25, 0.3) is 11.2 Å². The van der Waals surface area contributed by atoms with Gasteiger partial charge in [0, 0.05) is 12.6 Å². The Kier molecular flexibility index (Phi) is 2.64. The van der Waals surface area contributed by atoms with Crippen molar-refractivity contribution in [2.24, 2.45) is 0 Å². The number of H-pyrrole nitrogens is 1. The van der Waals surface area contributed by atoms with Gasteiger partial charge >= 0.3 is 0 Å². The molecule has 0 aliphatic rings. The van der Waals surface area contributed by atoms with Crippen molar-refractivity contribution in [1.82, 2.24) is 29.7 Å². The fourth-order valence-corrected chi connectivity index (χ4v) is 1.81. The van der Waals surface area contributed by atoms with Gasteiger partial charge in [-0.1, -0.05) is 6.92 Å². The molecule has 0 fully saturated rings. The summed E-state index contributed by atoms with van der Waals surface area (Å²) >= 11 is 0. The van der Waals surface area contributed by atoms with Crippen LogP contribution in [0.1, 0.15) is 13.3 Å². The number of fused-ring (bicyclic) bond motifs is 1. The third-order valence-corrected chi connectivity index (χ3v) is 2.62. The van der Waals surface area contributed by atoms with Crippen LogP contribution in [0.2, 0.25) is 0 Å². The average molecular weight is 243 g/mol. The minimum Gasteiger partial charge on any atom is -0.340 e. The number of aromatic nitrogens is 6. The first-order chi connectivity index (χ1) is 8.88. The fraction of sp³-hybridized carbons (Fsp3) is 0.273. The fourth-order valence-electron chi connectivity index (χ4n) is 1.81. The smallest absolute Gasteiger partial charge is 0.182 e. The van der Waals surface area contributed by atoms with E-state index in [-0.39, 0.29) is 0 Å². The van der Waals surface area contributed by atoms with Crippen LogP contribution in [0.4, 0.5) is 11.6 Å². The third-order valence-electron chi connectivity index (χ3n) is 2.62. The number of rotatable bonds is 4. The maximum absolute atomic E-state index is 4.25. The molecule has 92 valence electrons. The summed E-state index contributed by atoms with van der Waals surface area (Å²) in [7, 11) is 0. The Balaban J connectivity index is 1.96. The van der Waals surface area contributed by atoms with Gasteiger partial charge in [-0.25, -0.2) is 19.6 Å². The summed E-state index contributed by atoms with van der Waals surface area (Å²) in [6, 6.07) is 1.92. The van der Waals surface area contributed by atoms with Gasteiger partial charge in [0.15, 0.2) is 11.5 Å². The van der Waals surface area contributed by atoms with Gasteiger partial charge < -0.3 is 10.3 Å². The molecule has 0 unspecified atom stereocenters. The van der Waals surface area contributed by atoms with Crippen molar-refractivity contribution in [2.45, 2.75) is 19.9 Å². The average Bonchev–Trinajstić information content (AvgIpc) is 3.00. The summed E-state index contributed by atoms with van der Waals surface area (Å²) in [6.45, 7) is 2.98. The van der Waals surface area contributed by atoms with Gasteiger partial charge in [0.1, 0.15) is 17.7 Å². The molecule has 0 spiro atoms.